The molecule has 0 aromatic heterocycles. The second kappa shape index (κ2) is 5.72. The van der Waals surface area contributed by atoms with Crippen molar-refractivity contribution in [3.8, 4) is 0 Å². The highest BCUT2D eigenvalue weighted by Crippen LogP contribution is 2.29. The van der Waals surface area contributed by atoms with Gasteiger partial charge in [-0.25, -0.2) is 0 Å². The fraction of sp³-hybridized carbons (Fsp3) is 0.385. The SMILES string of the molecule is O=C(NC1COCC1C(=O)O)c1ccc(C(F)(F)F)cc1. The molecule has 2 rings (SSSR count). The molecule has 0 radical (unpaired) electrons. The Morgan fingerprint density at radius 2 is 1.81 bits per heavy atom. The summed E-state index contributed by atoms with van der Waals surface area (Å²) in [6.45, 7) is 0.0522. The average molecular weight is 303 g/mol. The highest BCUT2D eigenvalue weighted by atomic mass is 19.4. The summed E-state index contributed by atoms with van der Waals surface area (Å²) in [5, 5.41) is 11.4. The van der Waals surface area contributed by atoms with Gasteiger partial charge >= 0.3 is 12.1 Å². The highest BCUT2D eigenvalue weighted by Gasteiger charge is 2.35. The number of amides is 1. The van der Waals surface area contributed by atoms with Crippen molar-refractivity contribution < 1.29 is 32.6 Å². The molecule has 2 atom stereocenters. The molecule has 1 aliphatic heterocycles. The fourth-order valence-corrected chi connectivity index (χ4v) is 2.00. The third kappa shape index (κ3) is 3.52. The summed E-state index contributed by atoms with van der Waals surface area (Å²) in [6.07, 6.45) is -4.47. The lowest BCUT2D eigenvalue weighted by molar-refractivity contribution is -0.142. The summed E-state index contributed by atoms with van der Waals surface area (Å²) in [4.78, 5) is 22.8. The number of hydrogen-bond acceptors (Lipinski definition) is 3. The number of ether oxygens (including phenoxy) is 1. The van der Waals surface area contributed by atoms with E-state index >= 15 is 0 Å². The van der Waals surface area contributed by atoms with Crippen molar-refractivity contribution in [2.75, 3.05) is 13.2 Å². The van der Waals surface area contributed by atoms with Crippen molar-refractivity contribution in [3.63, 3.8) is 0 Å². The van der Waals surface area contributed by atoms with Crippen LogP contribution in [0.25, 0.3) is 0 Å². The lowest BCUT2D eigenvalue weighted by Gasteiger charge is -2.16. The molecule has 1 aliphatic rings. The van der Waals surface area contributed by atoms with E-state index in [-0.39, 0.29) is 18.8 Å². The summed E-state index contributed by atoms with van der Waals surface area (Å²) < 4.78 is 42.2. The van der Waals surface area contributed by atoms with Crippen molar-refractivity contribution in [2.45, 2.75) is 12.2 Å². The molecule has 1 heterocycles. The molecule has 0 aliphatic carbocycles. The number of aliphatic carboxylic acids is 1. The summed E-state index contributed by atoms with van der Waals surface area (Å²) in [6, 6.07) is 2.99. The summed E-state index contributed by atoms with van der Waals surface area (Å²) in [5.41, 5.74) is -0.828. The Hall–Kier alpha value is -2.09. The van der Waals surface area contributed by atoms with Gasteiger partial charge in [-0.2, -0.15) is 13.2 Å². The van der Waals surface area contributed by atoms with Crippen molar-refractivity contribution >= 4 is 11.9 Å². The van der Waals surface area contributed by atoms with Gasteiger partial charge < -0.3 is 15.2 Å². The van der Waals surface area contributed by atoms with E-state index in [9.17, 15) is 22.8 Å². The number of nitrogens with one attached hydrogen (secondary N) is 1. The van der Waals surface area contributed by atoms with Crippen LogP contribution in [0.15, 0.2) is 24.3 Å². The van der Waals surface area contributed by atoms with Gasteiger partial charge in [-0.3, -0.25) is 9.59 Å². The van der Waals surface area contributed by atoms with Crippen LogP contribution < -0.4 is 5.32 Å². The summed E-state index contributed by atoms with van der Waals surface area (Å²) in [7, 11) is 0. The van der Waals surface area contributed by atoms with E-state index in [0.717, 1.165) is 24.3 Å². The molecule has 1 saturated heterocycles. The number of hydrogen-bond donors (Lipinski definition) is 2. The Bertz CT molecular complexity index is 541. The van der Waals surface area contributed by atoms with E-state index in [0.29, 0.717) is 0 Å². The minimum atomic E-state index is -4.47. The first-order chi connectivity index (χ1) is 9.79. The van der Waals surface area contributed by atoms with E-state index in [1.165, 1.54) is 0 Å². The van der Waals surface area contributed by atoms with Crippen LogP contribution in [0.4, 0.5) is 13.2 Å². The number of benzene rings is 1. The van der Waals surface area contributed by atoms with Crippen molar-refractivity contribution in [1.29, 1.82) is 0 Å². The quantitative estimate of drug-likeness (QED) is 0.888. The molecule has 2 unspecified atom stereocenters. The predicted molar refractivity (Wildman–Crippen MR) is 64.6 cm³/mol. The fourth-order valence-electron chi connectivity index (χ4n) is 2.00. The molecule has 2 N–H and O–H groups in total. The number of carboxylic acid groups (broad SMARTS) is 1. The van der Waals surface area contributed by atoms with E-state index in [4.69, 9.17) is 9.84 Å². The van der Waals surface area contributed by atoms with Crippen LogP contribution in [-0.2, 0) is 15.7 Å². The number of alkyl halides is 3. The van der Waals surface area contributed by atoms with E-state index in [1.54, 1.807) is 0 Å². The van der Waals surface area contributed by atoms with Gasteiger partial charge in [-0.1, -0.05) is 0 Å². The Morgan fingerprint density at radius 1 is 1.19 bits per heavy atom. The zero-order valence-corrected chi connectivity index (χ0v) is 10.7. The van der Waals surface area contributed by atoms with E-state index in [2.05, 4.69) is 5.32 Å². The standard InChI is InChI=1S/C13H12F3NO4/c14-13(15,16)8-3-1-7(2-4-8)11(18)17-10-6-21-5-9(10)12(19)20/h1-4,9-10H,5-6H2,(H,17,18)(H,19,20). The Morgan fingerprint density at radius 3 is 2.33 bits per heavy atom. The second-order valence-corrected chi connectivity index (χ2v) is 4.64. The number of carboxylic acids is 1. The van der Waals surface area contributed by atoms with Gasteiger partial charge in [0.15, 0.2) is 0 Å². The van der Waals surface area contributed by atoms with Crippen molar-refractivity contribution in [2.24, 2.45) is 5.92 Å². The molecule has 5 nitrogen and oxygen atoms in total. The Labute approximate surface area is 117 Å². The molecule has 1 amide bonds. The first kappa shape index (κ1) is 15.3. The Kier molecular flexibility index (Phi) is 4.17. The third-order valence-corrected chi connectivity index (χ3v) is 3.19. The lowest BCUT2D eigenvalue weighted by Crippen LogP contribution is -2.42. The van der Waals surface area contributed by atoms with Gasteiger partial charge in [0.05, 0.1) is 24.8 Å². The monoisotopic (exact) mass is 303 g/mol. The molecule has 114 valence electrons. The molecule has 1 fully saturated rings. The molecule has 1 aromatic carbocycles. The second-order valence-electron chi connectivity index (χ2n) is 4.64. The zero-order chi connectivity index (χ0) is 15.6. The maximum absolute atomic E-state index is 12.4. The maximum atomic E-state index is 12.4. The third-order valence-electron chi connectivity index (χ3n) is 3.19. The summed E-state index contributed by atoms with van der Waals surface area (Å²) in [5.74, 6) is -2.58. The first-order valence-electron chi connectivity index (χ1n) is 6.07. The number of rotatable bonds is 3. The molecule has 1 aromatic rings. The first-order valence-corrected chi connectivity index (χ1v) is 6.07. The zero-order valence-electron chi connectivity index (χ0n) is 10.7. The number of carbonyl (C=O) groups is 2. The van der Waals surface area contributed by atoms with Crippen molar-refractivity contribution in [3.05, 3.63) is 35.4 Å². The normalized spacial score (nSPS) is 22.0. The van der Waals surface area contributed by atoms with Gasteiger partial charge in [-0.05, 0) is 24.3 Å². The Balaban J connectivity index is 2.05. The van der Waals surface area contributed by atoms with Crippen LogP contribution in [0.5, 0.6) is 0 Å². The van der Waals surface area contributed by atoms with Crippen LogP contribution in [0.3, 0.4) is 0 Å². The largest absolute Gasteiger partial charge is 0.481 e. The molecular weight excluding hydrogens is 291 g/mol. The molecule has 0 bridgehead atoms. The minimum absolute atomic E-state index is 0.00666. The smallest absolute Gasteiger partial charge is 0.416 e. The van der Waals surface area contributed by atoms with Gasteiger partial charge in [-0.15, -0.1) is 0 Å². The van der Waals surface area contributed by atoms with Gasteiger partial charge in [0.1, 0.15) is 5.92 Å². The van der Waals surface area contributed by atoms with Gasteiger partial charge in [0.25, 0.3) is 5.91 Å². The highest BCUT2D eigenvalue weighted by molar-refractivity contribution is 5.94. The number of carbonyl (C=O) groups excluding carboxylic acids is 1. The number of halogens is 3. The van der Waals surface area contributed by atoms with Crippen LogP contribution >= 0.6 is 0 Å². The van der Waals surface area contributed by atoms with Crippen LogP contribution in [0.2, 0.25) is 0 Å². The molecule has 0 spiro atoms. The maximum Gasteiger partial charge on any atom is 0.416 e. The van der Waals surface area contributed by atoms with Crippen LogP contribution in [0.1, 0.15) is 15.9 Å². The van der Waals surface area contributed by atoms with Crippen LogP contribution in [-0.4, -0.2) is 36.2 Å². The van der Waals surface area contributed by atoms with Gasteiger partial charge in [0.2, 0.25) is 0 Å². The lowest BCUT2D eigenvalue weighted by atomic mass is 10.0. The average Bonchev–Trinajstić information content (AvgIpc) is 2.86. The topological polar surface area (TPSA) is 75.6 Å². The minimum Gasteiger partial charge on any atom is -0.481 e. The molecule has 8 heteroatoms. The van der Waals surface area contributed by atoms with Crippen LogP contribution in [0, 0.1) is 5.92 Å². The molecular formula is C13H12F3NO4. The molecule has 21 heavy (non-hydrogen) atoms. The van der Waals surface area contributed by atoms with E-state index < -0.39 is 35.6 Å². The van der Waals surface area contributed by atoms with Crippen molar-refractivity contribution in [1.82, 2.24) is 5.32 Å². The molecule has 0 saturated carbocycles. The van der Waals surface area contributed by atoms with E-state index in [1.807, 2.05) is 0 Å². The summed E-state index contributed by atoms with van der Waals surface area (Å²) >= 11 is 0. The van der Waals surface area contributed by atoms with Gasteiger partial charge in [0, 0.05) is 5.56 Å². The predicted octanol–water partition coefficient (Wildman–Crippen LogP) is 1.53.